The number of H-pyrrole nitrogens is 1. The van der Waals surface area contributed by atoms with Gasteiger partial charge in [0.25, 0.3) is 5.91 Å². The number of hydrogen-bond donors (Lipinski definition) is 1. The van der Waals surface area contributed by atoms with Gasteiger partial charge in [-0.25, -0.2) is 4.39 Å². The number of piperidine rings is 1. The molecule has 2 aromatic rings. The summed E-state index contributed by atoms with van der Waals surface area (Å²) in [7, 11) is 1.84. The molecule has 140 valence electrons. The normalized spacial score (nSPS) is 18.0. The van der Waals surface area contributed by atoms with Crippen molar-refractivity contribution < 1.29 is 9.18 Å². The zero-order valence-corrected chi connectivity index (χ0v) is 15.5. The molecule has 1 saturated heterocycles. The average molecular weight is 358 g/mol. The van der Waals surface area contributed by atoms with Crippen molar-refractivity contribution in [2.24, 2.45) is 5.92 Å². The van der Waals surface area contributed by atoms with Crippen molar-refractivity contribution >= 4 is 5.91 Å². The molecular weight excluding hydrogens is 331 g/mol. The van der Waals surface area contributed by atoms with E-state index in [9.17, 15) is 9.18 Å². The molecule has 1 aromatic heterocycles. The maximum atomic E-state index is 13.8. The number of amides is 1. The Morgan fingerprint density at radius 1 is 1.42 bits per heavy atom. The van der Waals surface area contributed by atoms with Crippen molar-refractivity contribution in [3.63, 3.8) is 0 Å². The number of halogens is 1. The zero-order valence-electron chi connectivity index (χ0n) is 15.5. The number of likely N-dealkylation sites (tertiary alicyclic amines) is 1. The molecule has 1 aromatic carbocycles. The van der Waals surface area contributed by atoms with Gasteiger partial charge in [0.15, 0.2) is 0 Å². The lowest BCUT2D eigenvalue weighted by Gasteiger charge is -2.34. The van der Waals surface area contributed by atoms with Crippen LogP contribution in [0.2, 0.25) is 0 Å². The summed E-state index contributed by atoms with van der Waals surface area (Å²) in [6, 6.07) is 8.76. The van der Waals surface area contributed by atoms with Gasteiger partial charge in [0, 0.05) is 32.4 Å². The van der Waals surface area contributed by atoms with Crippen molar-refractivity contribution in [2.75, 3.05) is 33.2 Å². The fraction of sp³-hybridized carbons (Fsp3) is 0.500. The highest BCUT2D eigenvalue weighted by Crippen LogP contribution is 2.19. The highest BCUT2D eigenvalue weighted by Gasteiger charge is 2.24. The minimum Gasteiger partial charge on any atom is -0.340 e. The Balaban J connectivity index is 1.50. The molecule has 6 heteroatoms. The summed E-state index contributed by atoms with van der Waals surface area (Å²) in [5, 5.41) is 6.87. The van der Waals surface area contributed by atoms with E-state index in [0.29, 0.717) is 11.6 Å². The minimum absolute atomic E-state index is 0.0437. The lowest BCUT2D eigenvalue weighted by Crippen LogP contribution is -2.42. The van der Waals surface area contributed by atoms with Gasteiger partial charge < -0.3 is 9.80 Å². The molecule has 2 heterocycles. The quantitative estimate of drug-likeness (QED) is 0.864. The first-order valence-corrected chi connectivity index (χ1v) is 9.26. The van der Waals surface area contributed by atoms with Crippen molar-refractivity contribution in [2.45, 2.75) is 26.2 Å². The number of carbonyl (C=O) groups excluding carboxylic acids is 1. The highest BCUT2D eigenvalue weighted by molar-refractivity contribution is 5.92. The fourth-order valence-corrected chi connectivity index (χ4v) is 3.68. The van der Waals surface area contributed by atoms with Crippen LogP contribution in [0.25, 0.3) is 0 Å². The number of aromatic nitrogens is 2. The van der Waals surface area contributed by atoms with Crippen LogP contribution in [-0.4, -0.2) is 59.1 Å². The first-order chi connectivity index (χ1) is 12.5. The number of carbonyl (C=O) groups is 1. The number of hydrogen-bond acceptors (Lipinski definition) is 3. The summed E-state index contributed by atoms with van der Waals surface area (Å²) in [6.45, 7) is 5.46. The Morgan fingerprint density at radius 3 is 2.96 bits per heavy atom. The Bertz CT molecular complexity index is 745. The molecule has 1 atom stereocenters. The van der Waals surface area contributed by atoms with Crippen molar-refractivity contribution in [3.05, 3.63) is 53.1 Å². The zero-order chi connectivity index (χ0) is 18.5. The minimum atomic E-state index is -0.124. The molecule has 0 saturated carbocycles. The fourth-order valence-electron chi connectivity index (χ4n) is 3.68. The topological polar surface area (TPSA) is 52.2 Å². The summed E-state index contributed by atoms with van der Waals surface area (Å²) < 4.78 is 13.8. The molecule has 3 rings (SSSR count). The Kier molecular flexibility index (Phi) is 6.04. The van der Waals surface area contributed by atoms with Crippen molar-refractivity contribution in [1.29, 1.82) is 0 Å². The van der Waals surface area contributed by atoms with Crippen LogP contribution in [0.3, 0.4) is 0 Å². The van der Waals surface area contributed by atoms with E-state index in [2.05, 4.69) is 15.1 Å². The predicted molar refractivity (Wildman–Crippen MR) is 99.6 cm³/mol. The van der Waals surface area contributed by atoms with E-state index in [1.807, 2.05) is 26.1 Å². The Hall–Kier alpha value is -2.21. The SMILES string of the molecule is Cc1cc(C(=O)N(C)C[C@@H]2CCCN(CCc3ccccc3F)C2)n[nH]1. The number of nitrogens with zero attached hydrogens (tertiary/aromatic N) is 3. The van der Waals surface area contributed by atoms with Crippen molar-refractivity contribution in [1.82, 2.24) is 20.0 Å². The van der Waals surface area contributed by atoms with Crippen LogP contribution < -0.4 is 0 Å². The van der Waals surface area contributed by atoms with Gasteiger partial charge in [0.2, 0.25) is 0 Å². The first-order valence-electron chi connectivity index (χ1n) is 9.26. The molecule has 0 radical (unpaired) electrons. The molecule has 0 aliphatic carbocycles. The van der Waals surface area contributed by atoms with Crippen LogP contribution >= 0.6 is 0 Å². The summed E-state index contributed by atoms with van der Waals surface area (Å²) in [5.74, 6) is 0.275. The van der Waals surface area contributed by atoms with E-state index >= 15 is 0 Å². The van der Waals surface area contributed by atoms with Gasteiger partial charge in [0.1, 0.15) is 11.5 Å². The average Bonchev–Trinajstić information content (AvgIpc) is 3.07. The van der Waals surface area contributed by atoms with E-state index in [4.69, 9.17) is 0 Å². The van der Waals surface area contributed by atoms with Gasteiger partial charge in [-0.15, -0.1) is 0 Å². The van der Waals surface area contributed by atoms with E-state index in [1.165, 1.54) is 6.07 Å². The number of rotatable bonds is 6. The number of aryl methyl sites for hydroxylation is 1. The van der Waals surface area contributed by atoms with Crippen LogP contribution in [0.4, 0.5) is 4.39 Å². The molecule has 1 fully saturated rings. The predicted octanol–water partition coefficient (Wildman–Crippen LogP) is 2.88. The summed E-state index contributed by atoms with van der Waals surface area (Å²) in [4.78, 5) is 16.6. The van der Waals surface area contributed by atoms with Crippen LogP contribution in [0.5, 0.6) is 0 Å². The van der Waals surface area contributed by atoms with Gasteiger partial charge >= 0.3 is 0 Å². The highest BCUT2D eigenvalue weighted by atomic mass is 19.1. The maximum absolute atomic E-state index is 13.8. The molecule has 1 aliphatic heterocycles. The number of aromatic amines is 1. The molecule has 5 nitrogen and oxygen atoms in total. The largest absolute Gasteiger partial charge is 0.340 e. The third kappa shape index (κ3) is 4.69. The molecule has 1 aliphatic rings. The number of nitrogens with one attached hydrogen (secondary N) is 1. The second kappa shape index (κ2) is 8.45. The third-order valence-electron chi connectivity index (χ3n) is 5.06. The molecule has 0 spiro atoms. The first kappa shape index (κ1) is 18.6. The molecule has 1 amide bonds. The molecule has 0 unspecified atom stereocenters. The van der Waals surface area contributed by atoms with E-state index in [1.54, 1.807) is 17.0 Å². The lowest BCUT2D eigenvalue weighted by molar-refractivity contribution is 0.0724. The monoisotopic (exact) mass is 358 g/mol. The Labute approximate surface area is 154 Å². The summed E-state index contributed by atoms with van der Waals surface area (Å²) in [6.07, 6.45) is 2.96. The van der Waals surface area contributed by atoms with Crippen LogP contribution in [0.1, 0.15) is 34.6 Å². The molecule has 1 N–H and O–H groups in total. The van der Waals surface area contributed by atoms with Crippen LogP contribution in [0, 0.1) is 18.7 Å². The Morgan fingerprint density at radius 2 is 2.23 bits per heavy atom. The van der Waals surface area contributed by atoms with Crippen LogP contribution in [-0.2, 0) is 6.42 Å². The van der Waals surface area contributed by atoms with Gasteiger partial charge in [-0.3, -0.25) is 9.89 Å². The molecule has 26 heavy (non-hydrogen) atoms. The summed E-state index contributed by atoms with van der Waals surface area (Å²) in [5.41, 5.74) is 2.13. The van der Waals surface area contributed by atoms with Crippen LogP contribution in [0.15, 0.2) is 30.3 Å². The summed E-state index contributed by atoms with van der Waals surface area (Å²) >= 11 is 0. The van der Waals surface area contributed by atoms with E-state index in [-0.39, 0.29) is 11.7 Å². The van der Waals surface area contributed by atoms with Gasteiger partial charge in [-0.1, -0.05) is 18.2 Å². The van der Waals surface area contributed by atoms with E-state index < -0.39 is 0 Å². The van der Waals surface area contributed by atoms with Crippen molar-refractivity contribution in [3.8, 4) is 0 Å². The molecule has 0 bridgehead atoms. The lowest BCUT2D eigenvalue weighted by atomic mass is 9.97. The van der Waals surface area contributed by atoms with Gasteiger partial charge in [-0.2, -0.15) is 5.10 Å². The smallest absolute Gasteiger partial charge is 0.274 e. The standard InChI is InChI=1S/C20H27FN4O/c1-15-12-19(23-22-15)20(26)24(2)13-16-6-5-10-25(14-16)11-9-17-7-3-4-8-18(17)21/h3-4,7-8,12,16H,5-6,9-11,13-14H2,1-2H3,(H,22,23)/t16-/m0/s1. The maximum Gasteiger partial charge on any atom is 0.274 e. The van der Waals surface area contributed by atoms with E-state index in [0.717, 1.165) is 56.7 Å². The number of benzene rings is 1. The second-order valence-corrected chi connectivity index (χ2v) is 7.27. The van der Waals surface area contributed by atoms with Gasteiger partial charge in [-0.05, 0) is 56.3 Å². The van der Waals surface area contributed by atoms with Gasteiger partial charge in [0.05, 0.1) is 0 Å². The molecular formula is C20H27FN4O. The second-order valence-electron chi connectivity index (χ2n) is 7.27. The third-order valence-corrected chi connectivity index (χ3v) is 5.06.